The Labute approximate surface area is 88.8 Å². The molecule has 0 aliphatic carbocycles. The number of H-pyrrole nitrogens is 1. The summed E-state index contributed by atoms with van der Waals surface area (Å²) in [5, 5.41) is 0. The van der Waals surface area contributed by atoms with Crippen LogP contribution in [0.3, 0.4) is 0 Å². The molecule has 1 heterocycles. The molecule has 4 nitrogen and oxygen atoms in total. The molecular formula is C11H15N3O. The fraction of sp³-hybridized carbons (Fsp3) is 0.364. The van der Waals surface area contributed by atoms with Crippen molar-refractivity contribution >= 4 is 5.71 Å². The van der Waals surface area contributed by atoms with Gasteiger partial charge in [0, 0.05) is 25.0 Å². The lowest BCUT2D eigenvalue weighted by atomic mass is 10.1. The molecule has 0 saturated carbocycles. The molecular weight excluding hydrogens is 190 g/mol. The van der Waals surface area contributed by atoms with Gasteiger partial charge in [0.05, 0.1) is 5.71 Å². The minimum Gasteiger partial charge on any atom is -0.312 e. The van der Waals surface area contributed by atoms with Crippen molar-refractivity contribution in [2.75, 3.05) is 7.05 Å². The van der Waals surface area contributed by atoms with E-state index in [1.54, 1.807) is 13.2 Å². The van der Waals surface area contributed by atoms with Crippen LogP contribution < -0.4 is 5.69 Å². The summed E-state index contributed by atoms with van der Waals surface area (Å²) in [4.78, 5) is 21.1. The van der Waals surface area contributed by atoms with Crippen molar-refractivity contribution in [3.63, 3.8) is 0 Å². The minimum absolute atomic E-state index is 0.342. The van der Waals surface area contributed by atoms with Crippen LogP contribution in [0.15, 0.2) is 33.8 Å². The van der Waals surface area contributed by atoms with E-state index in [1.807, 2.05) is 13.0 Å². The van der Waals surface area contributed by atoms with Crippen molar-refractivity contribution in [2.24, 2.45) is 4.99 Å². The standard InChI is InChI=1S/C11H15N3O/c1-4-8(2)5-10(12-3)9-6-13-11(15)14-7-9/h5-7H,4H2,1-3H3,(H,13,14,15)/b8-5-,12-10?. The van der Waals surface area contributed by atoms with Crippen LogP contribution in [0.2, 0.25) is 0 Å². The van der Waals surface area contributed by atoms with E-state index in [0.29, 0.717) is 0 Å². The quantitative estimate of drug-likeness (QED) is 0.761. The van der Waals surface area contributed by atoms with Crippen LogP contribution in [0.1, 0.15) is 25.8 Å². The second kappa shape index (κ2) is 5.24. The number of hydrogen-bond donors (Lipinski definition) is 1. The number of allylic oxidation sites excluding steroid dienone is 2. The van der Waals surface area contributed by atoms with E-state index in [1.165, 1.54) is 11.8 Å². The van der Waals surface area contributed by atoms with E-state index < -0.39 is 0 Å². The van der Waals surface area contributed by atoms with Crippen molar-refractivity contribution in [1.29, 1.82) is 0 Å². The molecule has 0 amide bonds. The van der Waals surface area contributed by atoms with Crippen molar-refractivity contribution in [3.8, 4) is 0 Å². The highest BCUT2D eigenvalue weighted by Crippen LogP contribution is 2.04. The maximum atomic E-state index is 10.8. The summed E-state index contributed by atoms with van der Waals surface area (Å²) in [7, 11) is 1.72. The van der Waals surface area contributed by atoms with Gasteiger partial charge in [0.15, 0.2) is 0 Å². The Morgan fingerprint density at radius 1 is 1.67 bits per heavy atom. The molecule has 0 atom stereocenters. The topological polar surface area (TPSA) is 58.1 Å². The molecule has 0 spiro atoms. The Kier molecular flexibility index (Phi) is 3.97. The molecule has 15 heavy (non-hydrogen) atoms. The van der Waals surface area contributed by atoms with Crippen molar-refractivity contribution in [3.05, 3.63) is 40.1 Å². The average molecular weight is 205 g/mol. The van der Waals surface area contributed by atoms with Gasteiger partial charge < -0.3 is 4.98 Å². The van der Waals surface area contributed by atoms with Gasteiger partial charge in [-0.25, -0.2) is 9.78 Å². The zero-order valence-electron chi connectivity index (χ0n) is 9.24. The van der Waals surface area contributed by atoms with E-state index in [9.17, 15) is 4.79 Å². The van der Waals surface area contributed by atoms with Crippen LogP contribution in [0, 0.1) is 0 Å². The smallest absolute Gasteiger partial charge is 0.312 e. The number of aliphatic imine (C=N–C) groups is 1. The van der Waals surface area contributed by atoms with Gasteiger partial charge in [0.1, 0.15) is 0 Å². The van der Waals surface area contributed by atoms with Gasteiger partial charge in [-0.05, 0) is 19.4 Å². The Morgan fingerprint density at radius 2 is 2.40 bits per heavy atom. The van der Waals surface area contributed by atoms with Crippen LogP contribution in [0.4, 0.5) is 0 Å². The minimum atomic E-state index is -0.342. The molecule has 0 aliphatic heterocycles. The van der Waals surface area contributed by atoms with E-state index in [0.717, 1.165) is 17.7 Å². The lowest BCUT2D eigenvalue weighted by Gasteiger charge is -2.01. The van der Waals surface area contributed by atoms with Crippen LogP contribution >= 0.6 is 0 Å². The summed E-state index contributed by atoms with van der Waals surface area (Å²) >= 11 is 0. The van der Waals surface area contributed by atoms with Gasteiger partial charge >= 0.3 is 5.69 Å². The van der Waals surface area contributed by atoms with E-state index in [2.05, 4.69) is 21.9 Å². The molecule has 0 bridgehead atoms. The molecule has 4 heteroatoms. The molecule has 1 N–H and O–H groups in total. The Hall–Kier alpha value is -1.71. The summed E-state index contributed by atoms with van der Waals surface area (Å²) in [5.41, 5.74) is 2.55. The van der Waals surface area contributed by atoms with Crippen molar-refractivity contribution in [1.82, 2.24) is 9.97 Å². The molecule has 0 aromatic carbocycles. The van der Waals surface area contributed by atoms with Gasteiger partial charge in [-0.1, -0.05) is 12.5 Å². The Balaban J connectivity index is 3.04. The second-order valence-electron chi connectivity index (χ2n) is 3.26. The first-order chi connectivity index (χ1) is 7.17. The van der Waals surface area contributed by atoms with E-state index >= 15 is 0 Å². The number of rotatable bonds is 3. The monoisotopic (exact) mass is 205 g/mol. The maximum Gasteiger partial charge on any atom is 0.344 e. The van der Waals surface area contributed by atoms with Gasteiger partial charge in [-0.3, -0.25) is 4.99 Å². The zero-order chi connectivity index (χ0) is 11.3. The maximum absolute atomic E-state index is 10.8. The number of aromatic nitrogens is 2. The summed E-state index contributed by atoms with van der Waals surface area (Å²) in [5.74, 6) is 0. The SMILES string of the molecule is CC/C(C)=C\C(=NC)c1cnc(=O)[nH]c1. The number of nitrogens with zero attached hydrogens (tertiary/aromatic N) is 2. The normalized spacial score (nSPS) is 13.0. The molecule has 0 unspecified atom stereocenters. The van der Waals surface area contributed by atoms with Crippen LogP contribution in [-0.4, -0.2) is 22.7 Å². The second-order valence-corrected chi connectivity index (χ2v) is 3.26. The van der Waals surface area contributed by atoms with Gasteiger partial charge in [-0.15, -0.1) is 0 Å². The third-order valence-corrected chi connectivity index (χ3v) is 2.15. The average Bonchev–Trinajstić information content (AvgIpc) is 2.27. The predicted molar refractivity (Wildman–Crippen MR) is 61.4 cm³/mol. The largest absolute Gasteiger partial charge is 0.344 e. The highest BCUT2D eigenvalue weighted by Gasteiger charge is 2.00. The van der Waals surface area contributed by atoms with E-state index in [-0.39, 0.29) is 5.69 Å². The van der Waals surface area contributed by atoms with Gasteiger partial charge in [-0.2, -0.15) is 0 Å². The van der Waals surface area contributed by atoms with Gasteiger partial charge in [0.25, 0.3) is 0 Å². The lowest BCUT2D eigenvalue weighted by Crippen LogP contribution is -2.11. The number of hydrogen-bond acceptors (Lipinski definition) is 3. The van der Waals surface area contributed by atoms with Crippen molar-refractivity contribution < 1.29 is 0 Å². The number of aromatic amines is 1. The molecule has 0 fully saturated rings. The first-order valence-corrected chi connectivity index (χ1v) is 4.86. The summed E-state index contributed by atoms with van der Waals surface area (Å²) in [6.45, 7) is 4.13. The third-order valence-electron chi connectivity index (χ3n) is 2.15. The van der Waals surface area contributed by atoms with Gasteiger partial charge in [0.2, 0.25) is 0 Å². The van der Waals surface area contributed by atoms with Crippen LogP contribution in [0.5, 0.6) is 0 Å². The zero-order valence-corrected chi connectivity index (χ0v) is 9.24. The lowest BCUT2D eigenvalue weighted by molar-refractivity contribution is 1.07. The molecule has 80 valence electrons. The van der Waals surface area contributed by atoms with Crippen LogP contribution in [-0.2, 0) is 0 Å². The highest BCUT2D eigenvalue weighted by atomic mass is 16.1. The van der Waals surface area contributed by atoms with E-state index in [4.69, 9.17) is 0 Å². The fourth-order valence-electron chi connectivity index (χ4n) is 1.09. The first-order valence-electron chi connectivity index (χ1n) is 4.86. The Morgan fingerprint density at radius 3 is 2.87 bits per heavy atom. The predicted octanol–water partition coefficient (Wildman–Crippen LogP) is 1.55. The summed E-state index contributed by atoms with van der Waals surface area (Å²) in [6.07, 6.45) is 6.13. The van der Waals surface area contributed by atoms with Crippen molar-refractivity contribution in [2.45, 2.75) is 20.3 Å². The molecule has 0 saturated heterocycles. The molecule has 0 aliphatic rings. The highest BCUT2D eigenvalue weighted by molar-refractivity contribution is 6.08. The summed E-state index contributed by atoms with van der Waals surface area (Å²) < 4.78 is 0. The first kappa shape index (κ1) is 11.4. The fourth-order valence-corrected chi connectivity index (χ4v) is 1.09. The van der Waals surface area contributed by atoms with Crippen LogP contribution in [0.25, 0.3) is 0 Å². The third kappa shape index (κ3) is 3.16. The molecule has 1 rings (SSSR count). The number of nitrogens with one attached hydrogen (secondary N) is 1. The Bertz CT molecular complexity index is 423. The molecule has 1 aromatic heterocycles. The molecule has 1 aromatic rings. The summed E-state index contributed by atoms with van der Waals surface area (Å²) in [6, 6.07) is 0. The molecule has 0 radical (unpaired) electrons.